The van der Waals surface area contributed by atoms with E-state index in [4.69, 9.17) is 0 Å². The van der Waals surface area contributed by atoms with Crippen molar-refractivity contribution in [2.75, 3.05) is 0 Å². The van der Waals surface area contributed by atoms with Gasteiger partial charge in [-0.15, -0.1) is 0 Å². The Labute approximate surface area is 74.7 Å². The molecule has 0 aromatic carbocycles. The molecule has 0 spiro atoms. The highest BCUT2D eigenvalue weighted by atomic mass is 14.2. The van der Waals surface area contributed by atoms with Gasteiger partial charge in [-0.1, -0.05) is 36.0 Å². The summed E-state index contributed by atoms with van der Waals surface area (Å²) in [5.41, 5.74) is 1.68. The second kappa shape index (κ2) is 3.75. The van der Waals surface area contributed by atoms with Crippen LogP contribution in [0.1, 0.15) is 32.1 Å². The van der Waals surface area contributed by atoms with Gasteiger partial charge < -0.3 is 0 Å². The maximum Gasteiger partial charge on any atom is -0.0136 e. The van der Waals surface area contributed by atoms with E-state index in [1.807, 2.05) is 0 Å². The van der Waals surface area contributed by atoms with Crippen molar-refractivity contribution in [3.05, 3.63) is 36.0 Å². The molecule has 0 heterocycles. The number of rotatable bonds is 1. The highest BCUT2D eigenvalue weighted by molar-refractivity contribution is 5.19. The molecule has 2 aliphatic rings. The first-order chi connectivity index (χ1) is 5.97. The molecule has 0 amide bonds. The zero-order valence-corrected chi connectivity index (χ0v) is 7.50. The molecule has 0 fully saturated rings. The summed E-state index contributed by atoms with van der Waals surface area (Å²) in [4.78, 5) is 0. The molecule has 0 heteroatoms. The molecule has 12 heavy (non-hydrogen) atoms. The standard InChI is InChI=1S/C12H16/c1-3-7-11(8-4-1)12-9-5-2-6-10-12/h1-3,5,8,12H,4,6-7,9-10H2. The molecule has 1 atom stereocenters. The SMILES string of the molecule is C1=CCC(C2CC=CCC2)=CC1. The lowest BCUT2D eigenvalue weighted by Crippen LogP contribution is -2.06. The van der Waals surface area contributed by atoms with Gasteiger partial charge in [-0.2, -0.15) is 0 Å². The minimum atomic E-state index is 0.861. The lowest BCUT2D eigenvalue weighted by molar-refractivity contribution is 0.541. The Morgan fingerprint density at radius 3 is 2.75 bits per heavy atom. The van der Waals surface area contributed by atoms with E-state index in [0.717, 1.165) is 12.3 Å². The van der Waals surface area contributed by atoms with Gasteiger partial charge >= 0.3 is 0 Å². The fourth-order valence-electron chi connectivity index (χ4n) is 2.08. The first-order valence-electron chi connectivity index (χ1n) is 4.96. The van der Waals surface area contributed by atoms with Crippen molar-refractivity contribution in [2.45, 2.75) is 32.1 Å². The van der Waals surface area contributed by atoms with Crippen LogP contribution in [-0.4, -0.2) is 0 Å². The van der Waals surface area contributed by atoms with Gasteiger partial charge in [0.15, 0.2) is 0 Å². The predicted molar refractivity (Wildman–Crippen MR) is 52.9 cm³/mol. The third kappa shape index (κ3) is 1.69. The zero-order chi connectivity index (χ0) is 8.23. The molecular formula is C12H16. The second-order valence-corrected chi connectivity index (χ2v) is 3.67. The summed E-state index contributed by atoms with van der Waals surface area (Å²) in [7, 11) is 0. The van der Waals surface area contributed by atoms with E-state index in [9.17, 15) is 0 Å². The van der Waals surface area contributed by atoms with Crippen molar-refractivity contribution in [2.24, 2.45) is 5.92 Å². The van der Waals surface area contributed by atoms with Gasteiger partial charge in [-0.25, -0.2) is 0 Å². The molecule has 0 aromatic heterocycles. The van der Waals surface area contributed by atoms with E-state index < -0.39 is 0 Å². The largest absolute Gasteiger partial charge is 0.0885 e. The summed E-state index contributed by atoms with van der Waals surface area (Å²) in [5, 5.41) is 0. The van der Waals surface area contributed by atoms with Crippen LogP contribution < -0.4 is 0 Å². The number of hydrogen-bond donors (Lipinski definition) is 0. The van der Waals surface area contributed by atoms with Crippen LogP contribution in [0.2, 0.25) is 0 Å². The molecule has 0 saturated heterocycles. The minimum absolute atomic E-state index is 0.861. The molecule has 64 valence electrons. The Morgan fingerprint density at radius 2 is 2.08 bits per heavy atom. The average molecular weight is 160 g/mol. The molecule has 0 N–H and O–H groups in total. The fourth-order valence-corrected chi connectivity index (χ4v) is 2.08. The summed E-state index contributed by atoms with van der Waals surface area (Å²) >= 11 is 0. The third-order valence-corrected chi connectivity index (χ3v) is 2.83. The monoisotopic (exact) mass is 160 g/mol. The topological polar surface area (TPSA) is 0 Å². The van der Waals surface area contributed by atoms with Crippen molar-refractivity contribution < 1.29 is 0 Å². The predicted octanol–water partition coefficient (Wildman–Crippen LogP) is 3.62. The van der Waals surface area contributed by atoms with Gasteiger partial charge in [0.2, 0.25) is 0 Å². The van der Waals surface area contributed by atoms with E-state index in [1.54, 1.807) is 5.57 Å². The average Bonchev–Trinajstić information content (AvgIpc) is 2.21. The van der Waals surface area contributed by atoms with Crippen LogP contribution in [0, 0.1) is 5.92 Å². The van der Waals surface area contributed by atoms with Crippen LogP contribution in [0.4, 0.5) is 0 Å². The van der Waals surface area contributed by atoms with Gasteiger partial charge in [0.05, 0.1) is 0 Å². The van der Waals surface area contributed by atoms with Gasteiger partial charge in [-0.3, -0.25) is 0 Å². The number of hydrogen-bond acceptors (Lipinski definition) is 0. The lowest BCUT2D eigenvalue weighted by atomic mass is 9.84. The zero-order valence-electron chi connectivity index (χ0n) is 7.50. The molecule has 0 aliphatic heterocycles. The lowest BCUT2D eigenvalue weighted by Gasteiger charge is -2.21. The Morgan fingerprint density at radius 1 is 1.08 bits per heavy atom. The Balaban J connectivity index is 1.99. The number of allylic oxidation sites excluding steroid dienone is 6. The van der Waals surface area contributed by atoms with E-state index in [-0.39, 0.29) is 0 Å². The first kappa shape index (κ1) is 7.85. The molecular weight excluding hydrogens is 144 g/mol. The Kier molecular flexibility index (Phi) is 2.45. The normalized spacial score (nSPS) is 28.7. The molecule has 1 unspecified atom stereocenters. The molecule has 0 nitrogen and oxygen atoms in total. The summed E-state index contributed by atoms with van der Waals surface area (Å²) in [6, 6.07) is 0. The van der Waals surface area contributed by atoms with Crippen LogP contribution in [0.5, 0.6) is 0 Å². The van der Waals surface area contributed by atoms with Gasteiger partial charge in [0.25, 0.3) is 0 Å². The molecule has 0 radical (unpaired) electrons. The maximum atomic E-state index is 2.42. The Hall–Kier alpha value is -0.780. The molecule has 2 aliphatic carbocycles. The van der Waals surface area contributed by atoms with Crippen LogP contribution in [0.15, 0.2) is 36.0 Å². The van der Waals surface area contributed by atoms with Crippen molar-refractivity contribution in [1.29, 1.82) is 0 Å². The van der Waals surface area contributed by atoms with Gasteiger partial charge in [0.1, 0.15) is 0 Å². The first-order valence-corrected chi connectivity index (χ1v) is 4.96. The van der Waals surface area contributed by atoms with Crippen molar-refractivity contribution in [3.63, 3.8) is 0 Å². The smallest absolute Gasteiger partial charge is 0.0136 e. The fraction of sp³-hybridized carbons (Fsp3) is 0.500. The van der Waals surface area contributed by atoms with Crippen LogP contribution >= 0.6 is 0 Å². The summed E-state index contributed by atoms with van der Waals surface area (Å²) < 4.78 is 0. The maximum absolute atomic E-state index is 2.42. The van der Waals surface area contributed by atoms with Crippen LogP contribution in [-0.2, 0) is 0 Å². The molecule has 2 rings (SSSR count). The minimum Gasteiger partial charge on any atom is -0.0885 e. The van der Waals surface area contributed by atoms with Gasteiger partial charge in [0, 0.05) is 0 Å². The van der Waals surface area contributed by atoms with Crippen LogP contribution in [0.25, 0.3) is 0 Å². The molecule has 0 bridgehead atoms. The van der Waals surface area contributed by atoms with E-state index in [2.05, 4.69) is 30.4 Å². The van der Waals surface area contributed by atoms with Crippen molar-refractivity contribution >= 4 is 0 Å². The van der Waals surface area contributed by atoms with E-state index >= 15 is 0 Å². The van der Waals surface area contributed by atoms with Crippen molar-refractivity contribution in [3.8, 4) is 0 Å². The summed E-state index contributed by atoms with van der Waals surface area (Å²) in [5.74, 6) is 0.861. The Bertz CT molecular complexity index is 230. The van der Waals surface area contributed by atoms with Gasteiger partial charge in [-0.05, 0) is 38.0 Å². The summed E-state index contributed by atoms with van der Waals surface area (Å²) in [6.45, 7) is 0. The molecule has 0 saturated carbocycles. The molecule has 0 aromatic rings. The quantitative estimate of drug-likeness (QED) is 0.514. The van der Waals surface area contributed by atoms with Crippen molar-refractivity contribution in [1.82, 2.24) is 0 Å². The highest BCUT2D eigenvalue weighted by Gasteiger charge is 2.14. The third-order valence-electron chi connectivity index (χ3n) is 2.83. The van der Waals surface area contributed by atoms with E-state index in [1.165, 1.54) is 25.7 Å². The highest BCUT2D eigenvalue weighted by Crippen LogP contribution is 2.29. The van der Waals surface area contributed by atoms with E-state index in [0.29, 0.717) is 0 Å². The van der Waals surface area contributed by atoms with Crippen LogP contribution in [0.3, 0.4) is 0 Å². The summed E-state index contributed by atoms with van der Waals surface area (Å²) in [6.07, 6.45) is 18.0. The second-order valence-electron chi connectivity index (χ2n) is 3.67.